The third-order valence-corrected chi connectivity index (χ3v) is 4.22. The summed E-state index contributed by atoms with van der Waals surface area (Å²) in [5, 5.41) is 0. The summed E-state index contributed by atoms with van der Waals surface area (Å²) >= 11 is 0. The van der Waals surface area contributed by atoms with E-state index in [4.69, 9.17) is 0 Å². The first-order chi connectivity index (χ1) is 8.05. The highest BCUT2D eigenvalue weighted by molar-refractivity contribution is 5.27. The molecule has 1 heteroatoms. The molecule has 0 aromatic carbocycles. The van der Waals surface area contributed by atoms with E-state index >= 15 is 0 Å². The van der Waals surface area contributed by atoms with E-state index in [0.29, 0.717) is 11.3 Å². The molecule has 1 aromatic heterocycles. The van der Waals surface area contributed by atoms with Crippen molar-refractivity contribution >= 4 is 0 Å². The minimum atomic E-state index is 0.426. The monoisotopic (exact) mass is 233 g/mol. The average Bonchev–Trinajstić information content (AvgIpc) is 2.29. The van der Waals surface area contributed by atoms with Crippen molar-refractivity contribution in [3.8, 4) is 0 Å². The van der Waals surface area contributed by atoms with Crippen LogP contribution in [0.25, 0.3) is 0 Å². The Bertz CT molecular complexity index is 337. The van der Waals surface area contributed by atoms with Gasteiger partial charge >= 0.3 is 0 Å². The Labute approximate surface area is 107 Å². The SMILES string of the molecule is CCCC(C)(CCC)C(C)c1ccncc1C. The lowest BCUT2D eigenvalue weighted by Gasteiger charge is -2.36. The molecular formula is C16H27N. The van der Waals surface area contributed by atoms with Crippen molar-refractivity contribution in [2.75, 3.05) is 0 Å². The van der Waals surface area contributed by atoms with E-state index in [-0.39, 0.29) is 0 Å². The molecule has 1 rings (SSSR count). The number of hydrogen-bond donors (Lipinski definition) is 0. The summed E-state index contributed by atoms with van der Waals surface area (Å²) in [5.41, 5.74) is 3.23. The lowest BCUT2D eigenvalue weighted by atomic mass is 9.68. The van der Waals surface area contributed by atoms with E-state index < -0.39 is 0 Å². The van der Waals surface area contributed by atoms with Crippen LogP contribution in [0.3, 0.4) is 0 Å². The molecule has 1 aromatic rings. The molecule has 0 aliphatic heterocycles. The summed E-state index contributed by atoms with van der Waals surface area (Å²) in [6, 6.07) is 2.20. The second-order valence-electron chi connectivity index (χ2n) is 5.61. The number of rotatable bonds is 6. The van der Waals surface area contributed by atoms with Crippen LogP contribution in [0.2, 0.25) is 0 Å². The van der Waals surface area contributed by atoms with Crippen LogP contribution >= 0.6 is 0 Å². The van der Waals surface area contributed by atoms with Crippen molar-refractivity contribution < 1.29 is 0 Å². The van der Waals surface area contributed by atoms with Gasteiger partial charge in [-0.05, 0) is 48.3 Å². The Morgan fingerprint density at radius 1 is 1.24 bits per heavy atom. The fraction of sp³-hybridized carbons (Fsp3) is 0.688. The molecule has 1 heterocycles. The molecular weight excluding hydrogens is 206 g/mol. The first-order valence-corrected chi connectivity index (χ1v) is 6.95. The second-order valence-corrected chi connectivity index (χ2v) is 5.61. The molecule has 0 fully saturated rings. The Morgan fingerprint density at radius 3 is 2.29 bits per heavy atom. The number of hydrogen-bond acceptors (Lipinski definition) is 1. The number of aromatic nitrogens is 1. The van der Waals surface area contributed by atoms with Gasteiger partial charge in [0, 0.05) is 12.4 Å². The molecule has 96 valence electrons. The number of nitrogens with zero attached hydrogens (tertiary/aromatic N) is 1. The van der Waals surface area contributed by atoms with Gasteiger partial charge in [-0.1, -0.05) is 40.5 Å². The molecule has 0 aliphatic carbocycles. The van der Waals surface area contributed by atoms with Crippen LogP contribution < -0.4 is 0 Å². The summed E-state index contributed by atoms with van der Waals surface area (Å²) in [4.78, 5) is 4.20. The minimum absolute atomic E-state index is 0.426. The largest absolute Gasteiger partial charge is 0.264 e. The highest BCUT2D eigenvalue weighted by atomic mass is 14.6. The molecule has 0 aliphatic rings. The molecule has 0 saturated heterocycles. The molecule has 1 nitrogen and oxygen atoms in total. The fourth-order valence-electron chi connectivity index (χ4n) is 3.05. The molecule has 0 radical (unpaired) electrons. The van der Waals surface area contributed by atoms with Crippen molar-refractivity contribution in [2.24, 2.45) is 5.41 Å². The summed E-state index contributed by atoms with van der Waals surface area (Å²) in [6.45, 7) is 11.6. The molecule has 1 atom stereocenters. The lowest BCUT2D eigenvalue weighted by Crippen LogP contribution is -2.24. The van der Waals surface area contributed by atoms with Gasteiger partial charge in [-0.25, -0.2) is 0 Å². The standard InChI is InChI=1S/C16H27N/c1-6-9-16(5,10-7-2)14(4)15-8-11-17-12-13(15)3/h8,11-12,14H,6-7,9-10H2,1-5H3. The second kappa shape index (κ2) is 6.18. The van der Waals surface area contributed by atoms with Gasteiger partial charge in [-0.3, -0.25) is 4.98 Å². The smallest absolute Gasteiger partial charge is 0.0299 e. The number of pyridine rings is 1. The molecule has 1 unspecified atom stereocenters. The summed E-state index contributed by atoms with van der Waals surface area (Å²) < 4.78 is 0. The van der Waals surface area contributed by atoms with E-state index in [1.165, 1.54) is 36.8 Å². The van der Waals surface area contributed by atoms with Crippen LogP contribution in [0.4, 0.5) is 0 Å². The average molecular weight is 233 g/mol. The van der Waals surface area contributed by atoms with E-state index in [0.717, 1.165) is 0 Å². The Morgan fingerprint density at radius 2 is 1.82 bits per heavy atom. The predicted octanol–water partition coefficient (Wildman–Crippen LogP) is 5.10. The van der Waals surface area contributed by atoms with Crippen LogP contribution in [-0.2, 0) is 0 Å². The summed E-state index contributed by atoms with van der Waals surface area (Å²) in [7, 11) is 0. The molecule has 0 bridgehead atoms. The van der Waals surface area contributed by atoms with Crippen LogP contribution in [0.15, 0.2) is 18.5 Å². The van der Waals surface area contributed by atoms with Crippen LogP contribution in [0.5, 0.6) is 0 Å². The van der Waals surface area contributed by atoms with Gasteiger partial charge in [-0.2, -0.15) is 0 Å². The minimum Gasteiger partial charge on any atom is -0.264 e. The molecule has 17 heavy (non-hydrogen) atoms. The molecule has 0 N–H and O–H groups in total. The fourth-order valence-corrected chi connectivity index (χ4v) is 3.05. The zero-order valence-electron chi connectivity index (χ0n) is 12.1. The van der Waals surface area contributed by atoms with Crippen molar-refractivity contribution in [1.29, 1.82) is 0 Å². The van der Waals surface area contributed by atoms with Crippen molar-refractivity contribution in [1.82, 2.24) is 4.98 Å². The maximum absolute atomic E-state index is 4.20. The van der Waals surface area contributed by atoms with Crippen LogP contribution in [0.1, 0.15) is 70.4 Å². The van der Waals surface area contributed by atoms with E-state index in [1.807, 2.05) is 12.4 Å². The van der Waals surface area contributed by atoms with Crippen molar-refractivity contribution in [2.45, 2.75) is 66.2 Å². The van der Waals surface area contributed by atoms with Crippen molar-refractivity contribution in [3.05, 3.63) is 29.6 Å². The summed E-state index contributed by atoms with van der Waals surface area (Å²) in [5.74, 6) is 0.616. The Balaban J connectivity index is 2.99. The van der Waals surface area contributed by atoms with Gasteiger partial charge in [0.1, 0.15) is 0 Å². The zero-order chi connectivity index (χ0) is 12.9. The first-order valence-electron chi connectivity index (χ1n) is 6.95. The lowest BCUT2D eigenvalue weighted by molar-refractivity contribution is 0.217. The normalized spacial score (nSPS) is 13.7. The van der Waals surface area contributed by atoms with E-state index in [1.54, 1.807) is 0 Å². The van der Waals surface area contributed by atoms with Gasteiger partial charge in [0.05, 0.1) is 0 Å². The van der Waals surface area contributed by atoms with Gasteiger partial charge < -0.3 is 0 Å². The maximum atomic E-state index is 4.20. The van der Waals surface area contributed by atoms with Gasteiger partial charge in [0.2, 0.25) is 0 Å². The van der Waals surface area contributed by atoms with Crippen LogP contribution in [-0.4, -0.2) is 4.98 Å². The van der Waals surface area contributed by atoms with Gasteiger partial charge in [0.15, 0.2) is 0 Å². The van der Waals surface area contributed by atoms with Gasteiger partial charge in [-0.15, -0.1) is 0 Å². The maximum Gasteiger partial charge on any atom is 0.0299 e. The van der Waals surface area contributed by atoms with E-state index in [9.17, 15) is 0 Å². The van der Waals surface area contributed by atoms with Gasteiger partial charge in [0.25, 0.3) is 0 Å². The highest BCUT2D eigenvalue weighted by Gasteiger charge is 2.31. The molecule has 0 spiro atoms. The predicted molar refractivity (Wildman–Crippen MR) is 75.3 cm³/mol. The molecule has 0 amide bonds. The third kappa shape index (κ3) is 3.31. The molecule has 0 saturated carbocycles. The zero-order valence-corrected chi connectivity index (χ0v) is 12.1. The van der Waals surface area contributed by atoms with Crippen molar-refractivity contribution in [3.63, 3.8) is 0 Å². The quantitative estimate of drug-likeness (QED) is 0.666. The highest BCUT2D eigenvalue weighted by Crippen LogP contribution is 2.43. The third-order valence-electron chi connectivity index (χ3n) is 4.22. The first kappa shape index (κ1) is 14.2. The topological polar surface area (TPSA) is 12.9 Å². The Hall–Kier alpha value is -0.850. The van der Waals surface area contributed by atoms with Crippen LogP contribution in [0, 0.1) is 12.3 Å². The summed E-state index contributed by atoms with van der Waals surface area (Å²) in [6.07, 6.45) is 9.07. The Kier molecular flexibility index (Phi) is 5.17. The number of aryl methyl sites for hydroxylation is 1. The van der Waals surface area contributed by atoms with E-state index in [2.05, 4.69) is 45.7 Å².